The van der Waals surface area contributed by atoms with Crippen LogP contribution < -0.4 is 15.8 Å². The van der Waals surface area contributed by atoms with Crippen LogP contribution in [0.4, 0.5) is 0 Å². The lowest BCUT2D eigenvalue weighted by Crippen LogP contribution is -2.40. The second-order valence-corrected chi connectivity index (χ2v) is 5.93. The van der Waals surface area contributed by atoms with Gasteiger partial charge in [-0.1, -0.05) is 42.5 Å². The molecule has 0 aliphatic heterocycles. The SMILES string of the molecule is COc1ccc(CNC(=O)CN(CCN)CCc2ccccc2)cc1.Cl. The molecule has 1 amide bonds. The minimum absolute atomic E-state index is 0. The molecule has 0 aliphatic carbocycles. The lowest BCUT2D eigenvalue weighted by atomic mass is 10.1. The third-order valence-electron chi connectivity index (χ3n) is 4.02. The van der Waals surface area contributed by atoms with E-state index in [0.717, 1.165) is 24.3 Å². The van der Waals surface area contributed by atoms with E-state index in [1.807, 2.05) is 42.5 Å². The average molecular weight is 378 g/mol. The Kier molecular flexibility index (Phi) is 10.4. The fourth-order valence-corrected chi connectivity index (χ4v) is 2.59. The number of amides is 1. The number of nitrogens with one attached hydrogen (secondary N) is 1. The summed E-state index contributed by atoms with van der Waals surface area (Å²) in [7, 11) is 1.64. The molecule has 0 fully saturated rings. The van der Waals surface area contributed by atoms with E-state index in [0.29, 0.717) is 26.2 Å². The van der Waals surface area contributed by atoms with E-state index in [-0.39, 0.29) is 18.3 Å². The van der Waals surface area contributed by atoms with Gasteiger partial charge in [0.05, 0.1) is 13.7 Å². The zero-order chi connectivity index (χ0) is 17.9. The third-order valence-corrected chi connectivity index (χ3v) is 4.02. The van der Waals surface area contributed by atoms with Crippen LogP contribution in [0, 0.1) is 0 Å². The van der Waals surface area contributed by atoms with Gasteiger partial charge in [0.1, 0.15) is 5.75 Å². The third kappa shape index (κ3) is 7.87. The van der Waals surface area contributed by atoms with Crippen LogP contribution in [0.5, 0.6) is 5.75 Å². The van der Waals surface area contributed by atoms with E-state index in [2.05, 4.69) is 22.3 Å². The van der Waals surface area contributed by atoms with Gasteiger partial charge in [-0.3, -0.25) is 9.69 Å². The number of carbonyl (C=O) groups is 1. The normalized spacial score (nSPS) is 10.3. The van der Waals surface area contributed by atoms with Gasteiger partial charge in [-0.2, -0.15) is 0 Å². The number of hydrogen-bond donors (Lipinski definition) is 2. The van der Waals surface area contributed by atoms with Gasteiger partial charge in [0.2, 0.25) is 5.91 Å². The van der Waals surface area contributed by atoms with Crippen LogP contribution in [0.25, 0.3) is 0 Å². The highest BCUT2D eigenvalue weighted by atomic mass is 35.5. The molecule has 0 unspecified atom stereocenters. The average Bonchev–Trinajstić information content (AvgIpc) is 2.66. The van der Waals surface area contributed by atoms with Gasteiger partial charge in [-0.15, -0.1) is 12.4 Å². The zero-order valence-electron chi connectivity index (χ0n) is 15.2. The number of rotatable bonds is 10. The van der Waals surface area contributed by atoms with Crippen molar-refractivity contribution in [3.63, 3.8) is 0 Å². The van der Waals surface area contributed by atoms with Crippen molar-refractivity contribution in [1.29, 1.82) is 0 Å². The zero-order valence-corrected chi connectivity index (χ0v) is 16.0. The monoisotopic (exact) mass is 377 g/mol. The predicted molar refractivity (Wildman–Crippen MR) is 108 cm³/mol. The van der Waals surface area contributed by atoms with E-state index >= 15 is 0 Å². The summed E-state index contributed by atoms with van der Waals surface area (Å²) in [5, 5.41) is 2.96. The molecule has 0 spiro atoms. The van der Waals surface area contributed by atoms with Gasteiger partial charge in [-0.25, -0.2) is 0 Å². The fraction of sp³-hybridized carbons (Fsp3) is 0.350. The molecule has 0 saturated carbocycles. The quantitative estimate of drug-likeness (QED) is 0.666. The highest BCUT2D eigenvalue weighted by Crippen LogP contribution is 2.10. The van der Waals surface area contributed by atoms with Crippen molar-refractivity contribution in [1.82, 2.24) is 10.2 Å². The maximum atomic E-state index is 12.2. The predicted octanol–water partition coefficient (Wildman–Crippen LogP) is 2.24. The van der Waals surface area contributed by atoms with E-state index in [1.165, 1.54) is 5.56 Å². The lowest BCUT2D eigenvalue weighted by molar-refractivity contribution is -0.122. The highest BCUT2D eigenvalue weighted by molar-refractivity contribution is 5.85. The molecule has 0 bridgehead atoms. The number of benzene rings is 2. The second-order valence-electron chi connectivity index (χ2n) is 5.93. The van der Waals surface area contributed by atoms with Gasteiger partial charge < -0.3 is 15.8 Å². The Balaban J connectivity index is 0.00000338. The summed E-state index contributed by atoms with van der Waals surface area (Å²) in [6.45, 7) is 2.94. The molecule has 0 radical (unpaired) electrons. The van der Waals surface area contributed by atoms with Crippen molar-refractivity contribution >= 4 is 18.3 Å². The smallest absolute Gasteiger partial charge is 0.234 e. The van der Waals surface area contributed by atoms with Crippen molar-refractivity contribution < 1.29 is 9.53 Å². The van der Waals surface area contributed by atoms with E-state index < -0.39 is 0 Å². The maximum Gasteiger partial charge on any atom is 0.234 e. The van der Waals surface area contributed by atoms with E-state index in [1.54, 1.807) is 7.11 Å². The van der Waals surface area contributed by atoms with Crippen molar-refractivity contribution in [3.05, 3.63) is 65.7 Å². The Labute approximate surface area is 161 Å². The van der Waals surface area contributed by atoms with Crippen LogP contribution in [0.1, 0.15) is 11.1 Å². The summed E-state index contributed by atoms with van der Waals surface area (Å²) < 4.78 is 5.13. The van der Waals surface area contributed by atoms with Gasteiger partial charge >= 0.3 is 0 Å². The van der Waals surface area contributed by atoms with Crippen LogP contribution in [-0.4, -0.2) is 44.1 Å². The van der Waals surface area contributed by atoms with Crippen LogP contribution in [0.15, 0.2) is 54.6 Å². The molecule has 2 aromatic rings. The molecule has 0 saturated heterocycles. The van der Waals surface area contributed by atoms with Gasteiger partial charge in [0, 0.05) is 26.2 Å². The molecule has 26 heavy (non-hydrogen) atoms. The van der Waals surface area contributed by atoms with Gasteiger partial charge in [0.15, 0.2) is 0 Å². The van der Waals surface area contributed by atoms with Crippen molar-refractivity contribution in [2.75, 3.05) is 33.3 Å². The first kappa shape index (κ1) is 22.0. The number of hydrogen-bond acceptors (Lipinski definition) is 4. The summed E-state index contributed by atoms with van der Waals surface area (Å²) in [6, 6.07) is 18.0. The Hall–Kier alpha value is -2.08. The van der Waals surface area contributed by atoms with Gasteiger partial charge in [-0.05, 0) is 29.7 Å². The standard InChI is InChI=1S/C20H27N3O2.ClH/c1-25-19-9-7-18(8-10-19)15-22-20(24)16-23(14-12-21)13-11-17-5-3-2-4-6-17;/h2-10H,11-16,21H2,1H3,(H,22,24);1H. The Morgan fingerprint density at radius 3 is 2.35 bits per heavy atom. The number of nitrogens with zero attached hydrogens (tertiary/aromatic N) is 1. The molecule has 0 aliphatic rings. The topological polar surface area (TPSA) is 67.6 Å². The largest absolute Gasteiger partial charge is 0.497 e. The number of halogens is 1. The minimum atomic E-state index is 0. The molecular formula is C20H28ClN3O2. The Morgan fingerprint density at radius 2 is 1.73 bits per heavy atom. The van der Waals surface area contributed by atoms with Crippen molar-refractivity contribution in [2.24, 2.45) is 5.73 Å². The fourth-order valence-electron chi connectivity index (χ4n) is 2.59. The second kappa shape index (κ2) is 12.3. The van der Waals surface area contributed by atoms with E-state index in [4.69, 9.17) is 10.5 Å². The molecule has 3 N–H and O–H groups in total. The maximum absolute atomic E-state index is 12.2. The van der Waals surface area contributed by atoms with Crippen LogP contribution >= 0.6 is 12.4 Å². The molecule has 2 aromatic carbocycles. The first-order valence-electron chi connectivity index (χ1n) is 8.57. The Bertz CT molecular complexity index is 635. The lowest BCUT2D eigenvalue weighted by Gasteiger charge is -2.21. The summed E-state index contributed by atoms with van der Waals surface area (Å²) in [4.78, 5) is 14.3. The van der Waals surface area contributed by atoms with E-state index in [9.17, 15) is 4.79 Å². The van der Waals surface area contributed by atoms with Crippen molar-refractivity contribution in [3.8, 4) is 5.75 Å². The summed E-state index contributed by atoms with van der Waals surface area (Å²) >= 11 is 0. The highest BCUT2D eigenvalue weighted by Gasteiger charge is 2.10. The van der Waals surface area contributed by atoms with Gasteiger partial charge in [0.25, 0.3) is 0 Å². The number of ether oxygens (including phenoxy) is 1. The summed E-state index contributed by atoms with van der Waals surface area (Å²) in [6.07, 6.45) is 0.909. The molecule has 0 aromatic heterocycles. The Morgan fingerprint density at radius 1 is 1.04 bits per heavy atom. The molecule has 2 rings (SSSR count). The molecular weight excluding hydrogens is 350 g/mol. The van der Waals surface area contributed by atoms with Crippen LogP contribution in [0.2, 0.25) is 0 Å². The van der Waals surface area contributed by atoms with Crippen LogP contribution in [-0.2, 0) is 17.8 Å². The van der Waals surface area contributed by atoms with Crippen molar-refractivity contribution in [2.45, 2.75) is 13.0 Å². The molecule has 0 heterocycles. The number of methoxy groups -OCH3 is 1. The summed E-state index contributed by atoms with van der Waals surface area (Å²) in [5.41, 5.74) is 7.99. The molecule has 5 nitrogen and oxygen atoms in total. The summed E-state index contributed by atoms with van der Waals surface area (Å²) in [5.74, 6) is 0.822. The first-order valence-corrected chi connectivity index (χ1v) is 8.57. The molecule has 6 heteroatoms. The molecule has 142 valence electrons. The molecule has 0 atom stereocenters. The number of carbonyl (C=O) groups excluding carboxylic acids is 1. The number of nitrogens with two attached hydrogens (primary N) is 1. The van der Waals surface area contributed by atoms with Crippen LogP contribution in [0.3, 0.4) is 0 Å². The first-order chi connectivity index (χ1) is 12.2. The minimum Gasteiger partial charge on any atom is -0.497 e.